The second-order valence-electron chi connectivity index (χ2n) is 32.7. The molecule has 0 fully saturated rings. The number of pyridine rings is 1. The highest BCUT2D eigenvalue weighted by Gasteiger charge is 2.36. The standard InChI is InChI=1S/C31H16ClN3OS.C25H17ClN2O.C22H11ClN2S2.C17H8ClN3O.C16H9ClN2O/c32-30-26(22-12-6-11-21-19-13-14-33-16-25(19)37-29(21)22)35-31-27(34-30)24-15-23(17-7-2-1-3-8-17)18-9-4-5-10-20(18)28(24)36-31;1-25(2)18-9-5-3-7-15(18)16-12-11-14(13-19(16)25)21-23(26)28-24-22(27-21)17-8-4-6-10-20(17)29-24;23-22-24-19(21-20(25-22)15-6-2-4-8-17(15)27-21)12-9-10-14-13-5-1-3-7-16(13)26-18(14)11-12;18-16-14(11-7-5-10(9-19)6-8-11)21-17-15(20-16)12-3-1-2-4-13(12)22-17;17-15-13(10-6-2-1-3-7-10)19-16-14(18-15)11-8-4-5-9-12(11)20-16/h1-16H;3-13H,1-2H3;1-11H;1-8H;1-9H. The van der Waals surface area contributed by atoms with Crippen molar-refractivity contribution in [2.45, 2.75) is 19.3 Å². The zero-order valence-corrected chi connectivity index (χ0v) is 77.1. The van der Waals surface area contributed by atoms with Gasteiger partial charge in [-0.15, -0.1) is 34.0 Å². The zero-order valence-electron chi connectivity index (χ0n) is 70.9. The Hall–Kier alpha value is -15.3. The number of benzene rings is 14. The minimum atomic E-state index is -0.0751. The molecule has 0 saturated heterocycles. The summed E-state index contributed by atoms with van der Waals surface area (Å²) in [6, 6.07) is 109. The van der Waals surface area contributed by atoms with Crippen molar-refractivity contribution in [3.63, 3.8) is 0 Å². The quantitative estimate of drug-likeness (QED) is 0.141. The van der Waals surface area contributed by atoms with Crippen molar-refractivity contribution in [1.29, 1.82) is 5.26 Å². The van der Waals surface area contributed by atoms with Gasteiger partial charge in [-0.1, -0.05) is 297 Å². The van der Waals surface area contributed by atoms with Crippen molar-refractivity contribution in [3.05, 3.63) is 376 Å². The summed E-state index contributed by atoms with van der Waals surface area (Å²) in [5.74, 6) is 0. The van der Waals surface area contributed by atoms with Crippen LogP contribution < -0.4 is 0 Å². The molecular formula is C111H61Cl5N12O4S3. The molecule has 642 valence electrons. The van der Waals surface area contributed by atoms with Crippen LogP contribution in [0.4, 0.5) is 0 Å². The minimum absolute atomic E-state index is 0.0751. The number of furan rings is 4. The summed E-state index contributed by atoms with van der Waals surface area (Å²) in [5.41, 5.74) is 24.7. The fourth-order valence-electron chi connectivity index (χ4n) is 18.1. The van der Waals surface area contributed by atoms with Gasteiger partial charge >= 0.3 is 0 Å². The Morgan fingerprint density at radius 3 is 1.42 bits per heavy atom. The van der Waals surface area contributed by atoms with Crippen LogP contribution in [0.2, 0.25) is 25.9 Å². The van der Waals surface area contributed by atoms with E-state index in [-0.39, 0.29) is 10.7 Å². The lowest BCUT2D eigenvalue weighted by molar-refractivity contribution is 0.652. The number of nitrogens with zero attached hydrogens (tertiary/aromatic N) is 12. The SMILES string of the molecule is CC1(C)c2ccccc2-c2ccc(-c3nc4c(nc3Cl)oc3ccccc34)cc21.Clc1nc(-c2ccc3c(c2)sc2ccccc23)c2sc3ccccc3c2n1.Clc1nc2c(nc1-c1cccc3c1sc1cnccc13)oc1c3ccccc3c(-c3ccccc3)cc21.Clc1nc2c(nc1-c1ccccc1)oc1ccccc12.N#Cc1ccc(-c2nc3oc4ccccc4c3nc2Cl)cc1. The molecule has 1 aliphatic carbocycles. The molecule has 0 aliphatic heterocycles. The van der Waals surface area contributed by atoms with Crippen LogP contribution in [0.15, 0.2) is 352 Å². The first kappa shape index (κ1) is 82.8. The Bertz CT molecular complexity index is 9570. The average molecular weight is 1900 g/mol. The number of thiophene rings is 3. The van der Waals surface area contributed by atoms with Gasteiger partial charge in [0, 0.05) is 118 Å². The molecule has 27 aromatic rings. The molecule has 1 aliphatic rings. The van der Waals surface area contributed by atoms with Crippen LogP contribution in [0.5, 0.6) is 0 Å². The predicted molar refractivity (Wildman–Crippen MR) is 553 cm³/mol. The van der Waals surface area contributed by atoms with E-state index in [0.29, 0.717) is 88.4 Å². The van der Waals surface area contributed by atoms with Crippen LogP contribution in [0.1, 0.15) is 30.5 Å². The first-order chi connectivity index (χ1) is 66.2. The molecule has 13 aromatic heterocycles. The van der Waals surface area contributed by atoms with Crippen molar-refractivity contribution in [2.75, 3.05) is 0 Å². The molecule has 14 aromatic carbocycles. The molecule has 24 heteroatoms. The Balaban J connectivity index is 0.0000000940. The van der Waals surface area contributed by atoms with E-state index in [1.165, 1.54) is 52.5 Å². The predicted octanol–water partition coefficient (Wildman–Crippen LogP) is 33.1. The number of hydrogen-bond donors (Lipinski definition) is 0. The highest BCUT2D eigenvalue weighted by Crippen LogP contribution is 2.52. The maximum atomic E-state index is 8.86. The average Bonchev–Trinajstić information content (AvgIpc) is 1.58. The summed E-state index contributed by atoms with van der Waals surface area (Å²) in [5, 5.41) is 22.4. The van der Waals surface area contributed by atoms with Gasteiger partial charge in [0.2, 0.25) is 28.1 Å². The number of hydrogen-bond acceptors (Lipinski definition) is 19. The van der Waals surface area contributed by atoms with Crippen molar-refractivity contribution in [1.82, 2.24) is 54.8 Å². The maximum absolute atomic E-state index is 8.86. The third-order valence-corrected chi connectivity index (χ3v) is 29.2. The molecule has 16 nitrogen and oxygen atoms in total. The molecule has 0 atom stereocenters. The summed E-state index contributed by atoms with van der Waals surface area (Å²) in [6.07, 6.45) is 3.72. The van der Waals surface area contributed by atoms with E-state index in [2.05, 4.69) is 218 Å². The molecular weight excluding hydrogens is 1840 g/mol. The summed E-state index contributed by atoms with van der Waals surface area (Å²) in [4.78, 5) is 50.4. The largest absolute Gasteiger partial charge is 0.436 e. The molecule has 0 amide bonds. The van der Waals surface area contributed by atoms with Gasteiger partial charge in [0.25, 0.3) is 0 Å². The highest BCUT2D eigenvalue weighted by molar-refractivity contribution is 7.27. The monoisotopic (exact) mass is 1900 g/mol. The van der Waals surface area contributed by atoms with E-state index in [4.69, 9.17) is 95.9 Å². The Morgan fingerprint density at radius 1 is 0.281 bits per heavy atom. The van der Waals surface area contributed by atoms with Crippen LogP contribution in [-0.2, 0) is 5.41 Å². The number of nitriles is 1. The summed E-state index contributed by atoms with van der Waals surface area (Å²) in [6.45, 7) is 4.53. The minimum Gasteiger partial charge on any atom is -0.436 e. The number of rotatable bonds is 6. The van der Waals surface area contributed by atoms with E-state index in [1.54, 1.807) is 46.9 Å². The molecule has 28 rings (SSSR count). The van der Waals surface area contributed by atoms with E-state index >= 15 is 0 Å². The smallest absolute Gasteiger partial charge is 0.247 e. The number of halogens is 5. The number of para-hydroxylation sites is 3. The first-order valence-corrected chi connectivity index (χ1v) is 47.2. The molecule has 13 heterocycles. The molecule has 0 unspecified atom stereocenters. The van der Waals surface area contributed by atoms with Gasteiger partial charge in [-0.05, 0) is 135 Å². The van der Waals surface area contributed by atoms with Gasteiger partial charge in [-0.25, -0.2) is 44.9 Å². The van der Waals surface area contributed by atoms with Crippen LogP contribution in [0.3, 0.4) is 0 Å². The summed E-state index contributed by atoms with van der Waals surface area (Å²) in [7, 11) is 0. The summed E-state index contributed by atoms with van der Waals surface area (Å²) >= 11 is 37.5. The lowest BCUT2D eigenvalue weighted by Crippen LogP contribution is -2.14. The van der Waals surface area contributed by atoms with Crippen LogP contribution in [0, 0.1) is 11.3 Å². The molecule has 0 N–H and O–H groups in total. The normalized spacial score (nSPS) is 12.2. The maximum Gasteiger partial charge on any atom is 0.247 e. The highest BCUT2D eigenvalue weighted by atomic mass is 35.5. The topological polar surface area (TPSA) is 218 Å². The van der Waals surface area contributed by atoms with Crippen LogP contribution in [0.25, 0.3) is 239 Å². The van der Waals surface area contributed by atoms with Crippen molar-refractivity contribution in [3.8, 4) is 84.6 Å². The Kier molecular flexibility index (Phi) is 20.7. The molecule has 0 radical (unpaired) electrons. The first-order valence-electron chi connectivity index (χ1n) is 42.9. The van der Waals surface area contributed by atoms with E-state index in [1.807, 2.05) is 163 Å². The second-order valence-corrected chi connectivity index (χ2v) is 37.7. The lowest BCUT2D eigenvalue weighted by atomic mass is 9.82. The third-order valence-electron chi connectivity index (χ3n) is 24.5. The third kappa shape index (κ3) is 14.6. The second kappa shape index (κ2) is 33.8. The number of fused-ring (bicyclic) bond motifs is 26. The van der Waals surface area contributed by atoms with E-state index in [9.17, 15) is 0 Å². The van der Waals surface area contributed by atoms with Gasteiger partial charge in [0.1, 0.15) is 67.2 Å². The van der Waals surface area contributed by atoms with Gasteiger partial charge < -0.3 is 17.7 Å². The molecule has 0 bridgehead atoms. The zero-order chi connectivity index (χ0) is 90.8. The lowest BCUT2D eigenvalue weighted by Gasteiger charge is -2.21. The molecule has 135 heavy (non-hydrogen) atoms. The Morgan fingerprint density at radius 2 is 0.748 bits per heavy atom. The van der Waals surface area contributed by atoms with Gasteiger partial charge in [-0.2, -0.15) is 10.2 Å². The fraction of sp³-hybridized carbons (Fsp3) is 0.0270. The van der Waals surface area contributed by atoms with Gasteiger partial charge in [0.05, 0.1) is 32.2 Å². The molecule has 0 saturated carbocycles. The van der Waals surface area contributed by atoms with Crippen LogP contribution in [-0.4, -0.2) is 54.8 Å². The van der Waals surface area contributed by atoms with Crippen LogP contribution >= 0.6 is 92.0 Å². The van der Waals surface area contributed by atoms with Gasteiger partial charge in [0.15, 0.2) is 20.6 Å². The summed E-state index contributed by atoms with van der Waals surface area (Å²) < 4.78 is 30.8. The van der Waals surface area contributed by atoms with E-state index < -0.39 is 0 Å². The van der Waals surface area contributed by atoms with Gasteiger partial charge in [-0.3, -0.25) is 4.98 Å². The van der Waals surface area contributed by atoms with Crippen molar-refractivity contribution >= 4 is 252 Å². The van der Waals surface area contributed by atoms with Crippen molar-refractivity contribution in [2.24, 2.45) is 0 Å². The number of aromatic nitrogens is 11. The van der Waals surface area contributed by atoms with E-state index in [0.717, 1.165) is 135 Å². The molecule has 0 spiro atoms. The van der Waals surface area contributed by atoms with Crippen molar-refractivity contribution < 1.29 is 17.7 Å². The Labute approximate surface area is 803 Å². The fourth-order valence-corrected chi connectivity index (χ4v) is 22.7.